The first-order valence-electron chi connectivity index (χ1n) is 10.1. The van der Waals surface area contributed by atoms with Crippen molar-refractivity contribution in [2.24, 2.45) is 0 Å². The van der Waals surface area contributed by atoms with Crippen LogP contribution in [0.4, 0.5) is 11.4 Å². The van der Waals surface area contributed by atoms with Gasteiger partial charge in [-0.3, -0.25) is 19.3 Å². The molecule has 0 heterocycles. The Morgan fingerprint density at radius 1 is 0.968 bits per heavy atom. The van der Waals surface area contributed by atoms with E-state index in [0.29, 0.717) is 24.5 Å². The van der Waals surface area contributed by atoms with Gasteiger partial charge >= 0.3 is 0 Å². The van der Waals surface area contributed by atoms with Crippen molar-refractivity contribution >= 4 is 29.1 Å². The number of hydrogen-bond donors (Lipinski definition) is 2. The topological polar surface area (TPSA) is 91.0 Å². The molecular weight excluding hydrogens is 396 g/mol. The highest BCUT2D eigenvalue weighted by Crippen LogP contribution is 2.15. The molecular formula is C23H30N4O4. The third kappa shape index (κ3) is 8.10. The number of methoxy groups -OCH3 is 1. The molecule has 0 aliphatic carbocycles. The summed E-state index contributed by atoms with van der Waals surface area (Å²) in [5, 5.41) is 5.44. The van der Waals surface area contributed by atoms with Gasteiger partial charge in [0.05, 0.1) is 20.2 Å². The molecule has 0 saturated carbocycles. The SMILES string of the molecule is CCN(CC(=O)Nc1ccc(NC(C)=O)cc1)C(=O)CN(C)Cc1cccc(OC)c1. The molecule has 0 atom stereocenters. The second kappa shape index (κ2) is 11.7. The summed E-state index contributed by atoms with van der Waals surface area (Å²) >= 11 is 0. The highest BCUT2D eigenvalue weighted by molar-refractivity contribution is 5.95. The Hall–Kier alpha value is -3.39. The quantitative estimate of drug-likeness (QED) is 0.609. The summed E-state index contributed by atoms with van der Waals surface area (Å²) in [6, 6.07) is 14.5. The van der Waals surface area contributed by atoms with E-state index in [1.54, 1.807) is 31.4 Å². The number of carbonyl (C=O) groups is 3. The highest BCUT2D eigenvalue weighted by atomic mass is 16.5. The van der Waals surface area contributed by atoms with E-state index in [0.717, 1.165) is 11.3 Å². The first kappa shape index (κ1) is 23.9. The Labute approximate surface area is 183 Å². The zero-order valence-corrected chi connectivity index (χ0v) is 18.5. The van der Waals surface area contributed by atoms with E-state index in [-0.39, 0.29) is 30.8 Å². The number of carbonyl (C=O) groups excluding carboxylic acids is 3. The van der Waals surface area contributed by atoms with Gasteiger partial charge in [0.2, 0.25) is 17.7 Å². The average molecular weight is 427 g/mol. The minimum atomic E-state index is -0.280. The van der Waals surface area contributed by atoms with E-state index in [2.05, 4.69) is 10.6 Å². The molecule has 31 heavy (non-hydrogen) atoms. The van der Waals surface area contributed by atoms with Crippen molar-refractivity contribution in [3.8, 4) is 5.75 Å². The fourth-order valence-corrected chi connectivity index (χ4v) is 3.06. The van der Waals surface area contributed by atoms with Crippen molar-refractivity contribution in [3.05, 3.63) is 54.1 Å². The average Bonchev–Trinajstić information content (AvgIpc) is 2.73. The number of benzene rings is 2. The van der Waals surface area contributed by atoms with Crippen LogP contribution in [0.25, 0.3) is 0 Å². The van der Waals surface area contributed by atoms with Crippen LogP contribution in [-0.2, 0) is 20.9 Å². The van der Waals surface area contributed by atoms with Crippen molar-refractivity contribution in [2.45, 2.75) is 20.4 Å². The van der Waals surface area contributed by atoms with Gasteiger partial charge in [-0.2, -0.15) is 0 Å². The molecule has 0 saturated heterocycles. The Balaban J connectivity index is 1.86. The van der Waals surface area contributed by atoms with Crippen LogP contribution in [0.3, 0.4) is 0 Å². The van der Waals surface area contributed by atoms with Gasteiger partial charge in [-0.25, -0.2) is 0 Å². The van der Waals surface area contributed by atoms with Gasteiger partial charge in [-0.05, 0) is 55.9 Å². The lowest BCUT2D eigenvalue weighted by Crippen LogP contribution is -2.42. The summed E-state index contributed by atoms with van der Waals surface area (Å²) in [5.41, 5.74) is 2.28. The summed E-state index contributed by atoms with van der Waals surface area (Å²) in [5.74, 6) is 0.210. The third-order valence-electron chi connectivity index (χ3n) is 4.55. The van der Waals surface area contributed by atoms with Gasteiger partial charge in [-0.15, -0.1) is 0 Å². The Kier molecular flexibility index (Phi) is 9.02. The van der Waals surface area contributed by atoms with Crippen molar-refractivity contribution in [3.63, 3.8) is 0 Å². The van der Waals surface area contributed by atoms with Gasteiger partial charge in [-0.1, -0.05) is 12.1 Å². The van der Waals surface area contributed by atoms with E-state index < -0.39 is 0 Å². The van der Waals surface area contributed by atoms with Gasteiger partial charge < -0.3 is 20.3 Å². The van der Waals surface area contributed by atoms with Crippen molar-refractivity contribution in [1.29, 1.82) is 0 Å². The summed E-state index contributed by atoms with van der Waals surface area (Å²) in [4.78, 5) is 39.6. The molecule has 0 unspecified atom stereocenters. The largest absolute Gasteiger partial charge is 0.497 e. The number of nitrogens with zero attached hydrogens (tertiary/aromatic N) is 2. The maximum absolute atomic E-state index is 12.7. The molecule has 166 valence electrons. The Bertz CT molecular complexity index is 899. The molecule has 0 spiro atoms. The molecule has 8 heteroatoms. The number of hydrogen-bond acceptors (Lipinski definition) is 5. The van der Waals surface area contributed by atoms with Gasteiger partial charge in [0, 0.05) is 31.4 Å². The summed E-state index contributed by atoms with van der Waals surface area (Å²) < 4.78 is 5.23. The minimum absolute atomic E-state index is 0.0320. The van der Waals surface area contributed by atoms with Crippen LogP contribution in [0.1, 0.15) is 19.4 Å². The molecule has 0 aliphatic rings. The first-order chi connectivity index (χ1) is 14.8. The molecule has 3 amide bonds. The predicted molar refractivity (Wildman–Crippen MR) is 121 cm³/mol. The zero-order chi connectivity index (χ0) is 22.8. The van der Waals surface area contributed by atoms with E-state index in [1.807, 2.05) is 43.1 Å². The molecule has 2 aromatic rings. The van der Waals surface area contributed by atoms with Crippen molar-refractivity contribution in [2.75, 3.05) is 44.4 Å². The number of ether oxygens (including phenoxy) is 1. The van der Waals surface area contributed by atoms with Gasteiger partial charge in [0.25, 0.3) is 0 Å². The molecule has 0 fully saturated rings. The molecule has 8 nitrogen and oxygen atoms in total. The maximum Gasteiger partial charge on any atom is 0.243 e. The number of rotatable bonds is 10. The van der Waals surface area contributed by atoms with Gasteiger partial charge in [0.15, 0.2) is 0 Å². The second-order valence-electron chi connectivity index (χ2n) is 7.24. The third-order valence-corrected chi connectivity index (χ3v) is 4.55. The van der Waals surface area contributed by atoms with Crippen LogP contribution in [0.2, 0.25) is 0 Å². The van der Waals surface area contributed by atoms with E-state index in [9.17, 15) is 14.4 Å². The van der Waals surface area contributed by atoms with Crippen LogP contribution in [-0.4, -0.2) is 61.3 Å². The molecule has 0 radical (unpaired) electrons. The normalized spacial score (nSPS) is 10.5. The summed E-state index contributed by atoms with van der Waals surface area (Å²) in [6.45, 7) is 4.46. The van der Waals surface area contributed by atoms with E-state index in [4.69, 9.17) is 4.74 Å². The Morgan fingerprint density at radius 2 is 1.61 bits per heavy atom. The molecule has 0 aromatic heterocycles. The lowest BCUT2D eigenvalue weighted by molar-refractivity contribution is -0.135. The Morgan fingerprint density at radius 3 is 2.19 bits per heavy atom. The molecule has 0 aliphatic heterocycles. The minimum Gasteiger partial charge on any atom is -0.497 e. The van der Waals surface area contributed by atoms with Crippen LogP contribution in [0.15, 0.2) is 48.5 Å². The summed E-state index contributed by atoms with van der Waals surface area (Å²) in [6.07, 6.45) is 0. The highest BCUT2D eigenvalue weighted by Gasteiger charge is 2.17. The van der Waals surface area contributed by atoms with Gasteiger partial charge in [0.1, 0.15) is 5.75 Å². The van der Waals surface area contributed by atoms with Crippen molar-refractivity contribution < 1.29 is 19.1 Å². The van der Waals surface area contributed by atoms with Crippen LogP contribution < -0.4 is 15.4 Å². The second-order valence-corrected chi connectivity index (χ2v) is 7.24. The fourth-order valence-electron chi connectivity index (χ4n) is 3.06. The van der Waals surface area contributed by atoms with Crippen LogP contribution in [0, 0.1) is 0 Å². The van der Waals surface area contributed by atoms with Crippen molar-refractivity contribution in [1.82, 2.24) is 9.80 Å². The fraction of sp³-hybridized carbons (Fsp3) is 0.348. The van der Waals surface area contributed by atoms with Crippen LogP contribution >= 0.6 is 0 Å². The molecule has 2 aromatic carbocycles. The number of amides is 3. The number of likely N-dealkylation sites (N-methyl/N-ethyl adjacent to an activating group) is 2. The zero-order valence-electron chi connectivity index (χ0n) is 18.5. The maximum atomic E-state index is 12.7. The smallest absolute Gasteiger partial charge is 0.243 e. The number of anilines is 2. The first-order valence-corrected chi connectivity index (χ1v) is 10.1. The van der Waals surface area contributed by atoms with E-state index in [1.165, 1.54) is 11.8 Å². The molecule has 2 rings (SSSR count). The summed E-state index contributed by atoms with van der Waals surface area (Å²) in [7, 11) is 3.48. The van der Waals surface area contributed by atoms with E-state index >= 15 is 0 Å². The lowest BCUT2D eigenvalue weighted by atomic mass is 10.2. The molecule has 0 bridgehead atoms. The predicted octanol–water partition coefficient (Wildman–Crippen LogP) is 2.57. The van der Waals surface area contributed by atoms with Crippen LogP contribution in [0.5, 0.6) is 5.75 Å². The lowest BCUT2D eigenvalue weighted by Gasteiger charge is -2.24. The molecule has 2 N–H and O–H groups in total. The number of nitrogens with one attached hydrogen (secondary N) is 2. The standard InChI is InChI=1S/C23H30N4O4/c1-5-27(15-22(29)25-20-11-9-19(10-12-20)24-17(2)28)23(30)16-26(3)14-18-7-6-8-21(13-18)31-4/h6-13H,5,14-16H2,1-4H3,(H,24,28)(H,25,29). The monoisotopic (exact) mass is 426 g/mol.